The van der Waals surface area contributed by atoms with Gasteiger partial charge in [-0.3, -0.25) is 4.90 Å². The Bertz CT molecular complexity index is 1440. The SMILES string of the molecule is COc1cc(OC)c(Cl)c(Nc2ncncc2-c2cc(Nc3cc(CCN4CCOCC4)ccn3)ncn2)c1F. The lowest BCUT2D eigenvalue weighted by atomic mass is 10.1. The molecule has 1 aliphatic rings. The summed E-state index contributed by atoms with van der Waals surface area (Å²) in [6.07, 6.45) is 6.99. The number of nitrogens with zero attached hydrogens (tertiary/aromatic N) is 6. The second-order valence-electron chi connectivity index (χ2n) is 8.86. The first-order valence-corrected chi connectivity index (χ1v) is 12.9. The van der Waals surface area contributed by atoms with Gasteiger partial charge in [0.2, 0.25) is 0 Å². The van der Waals surface area contributed by atoms with Crippen LogP contribution in [0.3, 0.4) is 0 Å². The number of benzene rings is 1. The Labute approximate surface area is 235 Å². The van der Waals surface area contributed by atoms with Gasteiger partial charge in [0, 0.05) is 44.2 Å². The summed E-state index contributed by atoms with van der Waals surface area (Å²) in [5, 5.41) is 6.23. The number of ether oxygens (including phenoxy) is 3. The van der Waals surface area contributed by atoms with E-state index in [1.807, 2.05) is 12.1 Å². The highest BCUT2D eigenvalue weighted by Gasteiger charge is 2.21. The number of morpholine rings is 1. The highest BCUT2D eigenvalue weighted by Crippen LogP contribution is 2.42. The minimum atomic E-state index is -0.692. The number of methoxy groups -OCH3 is 2. The fraction of sp³-hybridized carbons (Fsp3) is 0.296. The molecule has 0 bridgehead atoms. The number of hydrogen-bond donors (Lipinski definition) is 2. The van der Waals surface area contributed by atoms with Crippen molar-refractivity contribution in [1.29, 1.82) is 0 Å². The average Bonchev–Trinajstić information content (AvgIpc) is 2.99. The Morgan fingerprint density at radius 2 is 1.77 bits per heavy atom. The number of aromatic nitrogens is 5. The standard InChI is InChI=1S/C27H28ClFN8O3/c1-38-20-13-21(39-2)25(29)26(24(20)28)36-27-18(14-30-15-34-27)19-12-23(33-16-32-19)35-22-11-17(3-5-31-22)4-6-37-7-9-40-10-8-37/h3,5,11-16H,4,6-10H2,1-2H3,(H,30,34,36)(H,31,32,33,35). The van der Waals surface area contributed by atoms with Crippen molar-refractivity contribution in [2.75, 3.05) is 57.7 Å². The maximum absolute atomic E-state index is 15.1. The molecule has 4 heterocycles. The van der Waals surface area contributed by atoms with Crippen molar-refractivity contribution < 1.29 is 18.6 Å². The van der Waals surface area contributed by atoms with Crippen molar-refractivity contribution in [1.82, 2.24) is 29.8 Å². The number of halogens is 2. The van der Waals surface area contributed by atoms with Crippen LogP contribution < -0.4 is 20.1 Å². The van der Waals surface area contributed by atoms with Crippen molar-refractivity contribution >= 4 is 34.7 Å². The number of nitrogens with one attached hydrogen (secondary N) is 2. The molecule has 1 saturated heterocycles. The average molecular weight is 567 g/mol. The molecule has 1 aromatic carbocycles. The molecule has 40 heavy (non-hydrogen) atoms. The van der Waals surface area contributed by atoms with Crippen LogP contribution in [-0.2, 0) is 11.2 Å². The van der Waals surface area contributed by atoms with E-state index in [4.69, 9.17) is 25.8 Å². The van der Waals surface area contributed by atoms with Gasteiger partial charge in [-0.25, -0.2) is 29.3 Å². The fourth-order valence-corrected chi connectivity index (χ4v) is 4.51. The van der Waals surface area contributed by atoms with Gasteiger partial charge in [-0.15, -0.1) is 0 Å². The van der Waals surface area contributed by atoms with Crippen LogP contribution in [0.4, 0.5) is 27.5 Å². The smallest absolute Gasteiger partial charge is 0.190 e. The molecule has 0 aliphatic carbocycles. The van der Waals surface area contributed by atoms with Crippen molar-refractivity contribution in [2.45, 2.75) is 6.42 Å². The maximum Gasteiger partial charge on any atom is 0.190 e. The zero-order chi connectivity index (χ0) is 27.9. The monoisotopic (exact) mass is 566 g/mol. The van der Waals surface area contributed by atoms with Crippen LogP contribution in [0.1, 0.15) is 5.56 Å². The first-order valence-electron chi connectivity index (χ1n) is 12.6. The van der Waals surface area contributed by atoms with Gasteiger partial charge in [0.1, 0.15) is 46.6 Å². The lowest BCUT2D eigenvalue weighted by Crippen LogP contribution is -2.37. The van der Waals surface area contributed by atoms with E-state index in [-0.39, 0.29) is 28.0 Å². The first-order chi connectivity index (χ1) is 19.6. The predicted octanol–water partition coefficient (Wildman–Crippen LogP) is 4.50. The van der Waals surface area contributed by atoms with Gasteiger partial charge in [0.25, 0.3) is 0 Å². The van der Waals surface area contributed by atoms with E-state index in [2.05, 4.69) is 40.5 Å². The minimum Gasteiger partial charge on any atom is -0.495 e. The summed E-state index contributed by atoms with van der Waals surface area (Å²) in [6, 6.07) is 7.11. The zero-order valence-electron chi connectivity index (χ0n) is 22.0. The third-order valence-corrected chi connectivity index (χ3v) is 6.75. The third-order valence-electron chi connectivity index (χ3n) is 6.37. The van der Waals surface area contributed by atoms with Gasteiger partial charge in [-0.1, -0.05) is 11.6 Å². The lowest BCUT2D eigenvalue weighted by Gasteiger charge is -2.26. The molecule has 0 radical (unpaired) electrons. The number of anilines is 4. The quantitative estimate of drug-likeness (QED) is 0.282. The highest BCUT2D eigenvalue weighted by molar-refractivity contribution is 6.35. The molecule has 0 saturated carbocycles. The van der Waals surface area contributed by atoms with E-state index in [9.17, 15) is 0 Å². The summed E-state index contributed by atoms with van der Waals surface area (Å²) >= 11 is 6.41. The lowest BCUT2D eigenvalue weighted by molar-refractivity contribution is 0.0384. The molecule has 11 nitrogen and oxygen atoms in total. The predicted molar refractivity (Wildman–Crippen MR) is 149 cm³/mol. The summed E-state index contributed by atoms with van der Waals surface area (Å²) < 4.78 is 31.0. The van der Waals surface area contributed by atoms with Crippen LogP contribution in [0, 0.1) is 5.82 Å². The molecule has 208 valence electrons. The Hall–Kier alpha value is -4.13. The molecule has 4 aromatic rings. The molecule has 0 unspecified atom stereocenters. The molecule has 13 heteroatoms. The zero-order valence-corrected chi connectivity index (χ0v) is 22.8. The number of pyridine rings is 1. The summed E-state index contributed by atoms with van der Waals surface area (Å²) in [5.41, 5.74) is 2.10. The van der Waals surface area contributed by atoms with E-state index >= 15 is 4.39 Å². The Morgan fingerprint density at radius 3 is 2.58 bits per heavy atom. The summed E-state index contributed by atoms with van der Waals surface area (Å²) in [5.74, 6) is 0.967. The molecule has 1 fully saturated rings. The van der Waals surface area contributed by atoms with Crippen LogP contribution in [-0.4, -0.2) is 76.9 Å². The van der Waals surface area contributed by atoms with Gasteiger partial charge in [-0.05, 0) is 24.1 Å². The number of rotatable bonds is 10. The molecule has 2 N–H and O–H groups in total. The van der Waals surface area contributed by atoms with Gasteiger partial charge in [-0.2, -0.15) is 0 Å². The third kappa shape index (κ3) is 6.36. The van der Waals surface area contributed by atoms with Crippen molar-refractivity contribution in [3.63, 3.8) is 0 Å². The van der Waals surface area contributed by atoms with Gasteiger partial charge >= 0.3 is 0 Å². The van der Waals surface area contributed by atoms with Gasteiger partial charge < -0.3 is 24.8 Å². The molecule has 3 aromatic heterocycles. The van der Waals surface area contributed by atoms with E-state index in [0.717, 1.165) is 44.8 Å². The Morgan fingerprint density at radius 1 is 0.975 bits per heavy atom. The highest BCUT2D eigenvalue weighted by atomic mass is 35.5. The molecular weight excluding hydrogens is 539 g/mol. The molecule has 1 aliphatic heterocycles. The summed E-state index contributed by atoms with van der Waals surface area (Å²) in [4.78, 5) is 24.0. The van der Waals surface area contributed by atoms with Gasteiger partial charge in [0.15, 0.2) is 11.6 Å². The van der Waals surface area contributed by atoms with Crippen molar-refractivity contribution in [3.8, 4) is 22.8 Å². The molecule has 0 spiro atoms. The fourth-order valence-electron chi connectivity index (χ4n) is 4.24. The molecular formula is C27H28ClFN8O3. The summed E-state index contributed by atoms with van der Waals surface area (Å²) in [6.45, 7) is 4.41. The van der Waals surface area contributed by atoms with Crippen LogP contribution in [0.25, 0.3) is 11.3 Å². The Balaban J connectivity index is 1.36. The second-order valence-corrected chi connectivity index (χ2v) is 9.24. The summed E-state index contributed by atoms with van der Waals surface area (Å²) in [7, 11) is 2.79. The van der Waals surface area contributed by atoms with Crippen molar-refractivity contribution in [2.24, 2.45) is 0 Å². The van der Waals surface area contributed by atoms with E-state index in [1.165, 1.54) is 32.9 Å². The van der Waals surface area contributed by atoms with E-state index in [1.54, 1.807) is 18.5 Å². The minimum absolute atomic E-state index is 0.0347. The van der Waals surface area contributed by atoms with Crippen LogP contribution in [0.2, 0.25) is 5.02 Å². The molecule has 0 amide bonds. The molecule has 0 atom stereocenters. The van der Waals surface area contributed by atoms with E-state index < -0.39 is 5.82 Å². The second kappa shape index (κ2) is 12.8. The molecule has 5 rings (SSSR count). The van der Waals surface area contributed by atoms with Crippen molar-refractivity contribution in [3.05, 3.63) is 65.7 Å². The Kier molecular flexibility index (Phi) is 8.79. The first kappa shape index (κ1) is 27.4. The van der Waals surface area contributed by atoms with Gasteiger partial charge in [0.05, 0.1) is 38.7 Å². The number of hydrogen-bond acceptors (Lipinski definition) is 11. The normalized spacial score (nSPS) is 13.6. The topological polar surface area (TPSA) is 119 Å². The largest absolute Gasteiger partial charge is 0.495 e. The van der Waals surface area contributed by atoms with Crippen LogP contribution >= 0.6 is 11.6 Å². The van der Waals surface area contributed by atoms with Crippen LogP contribution in [0.15, 0.2) is 49.3 Å². The van der Waals surface area contributed by atoms with Crippen LogP contribution in [0.5, 0.6) is 11.5 Å². The van der Waals surface area contributed by atoms with E-state index in [0.29, 0.717) is 22.9 Å². The maximum atomic E-state index is 15.1.